The van der Waals surface area contributed by atoms with Crippen molar-refractivity contribution in [1.82, 2.24) is 5.01 Å². The molecular weight excluding hydrogens is 511 g/mol. The molecule has 0 spiro atoms. The number of aliphatic imine (C=N–C) groups is 1. The molecule has 0 radical (unpaired) electrons. The van der Waals surface area contributed by atoms with E-state index in [0.717, 1.165) is 22.4 Å². The van der Waals surface area contributed by atoms with Gasteiger partial charge in [0.2, 0.25) is 5.91 Å². The van der Waals surface area contributed by atoms with Crippen LogP contribution in [0.5, 0.6) is 0 Å². The molecule has 3 aromatic rings. The molecule has 0 saturated heterocycles. The van der Waals surface area contributed by atoms with Gasteiger partial charge in [-0.2, -0.15) is 10.1 Å². The average molecular weight is 535 g/mol. The molecule has 6 nitrogen and oxygen atoms in total. The number of amidine groups is 1. The molecule has 37 heavy (non-hydrogen) atoms. The molecule has 1 N–H and O–H groups in total. The highest BCUT2D eigenvalue weighted by Gasteiger charge is 2.39. The zero-order chi connectivity index (χ0) is 26.1. The van der Waals surface area contributed by atoms with E-state index in [1.54, 1.807) is 24.1 Å². The second kappa shape index (κ2) is 10.5. The number of hydrogen-bond donors (Lipinski definition) is 1. The van der Waals surface area contributed by atoms with Crippen LogP contribution in [0.15, 0.2) is 76.8 Å². The summed E-state index contributed by atoms with van der Waals surface area (Å²) >= 11 is 7.33. The molecule has 0 aromatic heterocycles. The molecule has 2 aliphatic heterocycles. The molecule has 3 aromatic carbocycles. The fraction of sp³-hybridized carbons (Fsp3) is 0.214. The average Bonchev–Trinajstić information content (AvgIpc) is 3.46. The number of carbonyl (C=O) groups excluding carboxylic acids is 2. The Morgan fingerprint density at radius 3 is 2.54 bits per heavy atom. The Balaban J connectivity index is 1.34. The molecule has 9 heteroatoms. The Hall–Kier alpha value is -3.49. The van der Waals surface area contributed by atoms with Gasteiger partial charge in [-0.3, -0.25) is 9.59 Å². The van der Waals surface area contributed by atoms with E-state index in [4.69, 9.17) is 16.7 Å². The summed E-state index contributed by atoms with van der Waals surface area (Å²) in [7, 11) is 0. The maximum atomic E-state index is 13.8. The minimum atomic E-state index is -0.685. The van der Waals surface area contributed by atoms with E-state index in [9.17, 15) is 14.0 Å². The Kier molecular flexibility index (Phi) is 7.13. The number of anilines is 1. The van der Waals surface area contributed by atoms with Gasteiger partial charge in [0.1, 0.15) is 11.1 Å². The molecular formula is C28H24ClFN4O2S. The topological polar surface area (TPSA) is 74.1 Å². The van der Waals surface area contributed by atoms with Gasteiger partial charge in [-0.25, -0.2) is 9.40 Å². The number of thioether (sulfide) groups is 1. The van der Waals surface area contributed by atoms with Crippen molar-refractivity contribution in [3.05, 3.63) is 99.8 Å². The second-order valence-electron chi connectivity index (χ2n) is 9.08. The van der Waals surface area contributed by atoms with Crippen LogP contribution in [0.3, 0.4) is 0 Å². The zero-order valence-corrected chi connectivity index (χ0v) is 21.8. The van der Waals surface area contributed by atoms with Crippen LogP contribution in [-0.2, 0) is 9.59 Å². The van der Waals surface area contributed by atoms with Crippen molar-refractivity contribution < 1.29 is 14.0 Å². The molecule has 2 heterocycles. The van der Waals surface area contributed by atoms with E-state index in [-0.39, 0.29) is 24.3 Å². The minimum Gasteiger partial charge on any atom is -0.326 e. The molecule has 0 fully saturated rings. The monoisotopic (exact) mass is 534 g/mol. The predicted octanol–water partition coefficient (Wildman–Crippen LogP) is 6.27. The summed E-state index contributed by atoms with van der Waals surface area (Å²) in [6.07, 6.45) is 0.544. The number of halogens is 2. The Bertz CT molecular complexity index is 1420. The van der Waals surface area contributed by atoms with E-state index in [2.05, 4.69) is 10.3 Å². The van der Waals surface area contributed by atoms with Crippen LogP contribution in [0.25, 0.3) is 0 Å². The molecule has 0 unspecified atom stereocenters. The first-order chi connectivity index (χ1) is 17.8. The number of rotatable bonds is 5. The van der Waals surface area contributed by atoms with Crippen LogP contribution in [-0.4, -0.2) is 33.0 Å². The van der Waals surface area contributed by atoms with Crippen LogP contribution in [0.2, 0.25) is 5.02 Å². The lowest BCUT2D eigenvalue weighted by Gasteiger charge is -2.23. The summed E-state index contributed by atoms with van der Waals surface area (Å²) in [5.74, 6) is -1.18. The molecule has 188 valence electrons. The molecule has 0 saturated carbocycles. The van der Waals surface area contributed by atoms with Crippen molar-refractivity contribution in [3.63, 3.8) is 0 Å². The maximum Gasteiger partial charge on any atom is 0.262 e. The number of nitrogens with one attached hydrogen (secondary N) is 1. The van der Waals surface area contributed by atoms with Crippen molar-refractivity contribution in [2.24, 2.45) is 10.1 Å². The smallest absolute Gasteiger partial charge is 0.262 e. The Labute approximate surface area is 223 Å². The lowest BCUT2D eigenvalue weighted by atomic mass is 9.98. The molecule has 2 amide bonds. The van der Waals surface area contributed by atoms with Crippen molar-refractivity contribution in [3.8, 4) is 0 Å². The molecule has 2 atom stereocenters. The third-order valence-corrected chi connectivity index (χ3v) is 7.70. The summed E-state index contributed by atoms with van der Waals surface area (Å²) in [5.41, 5.74) is 4.88. The highest BCUT2D eigenvalue weighted by Crippen LogP contribution is 2.39. The van der Waals surface area contributed by atoms with Gasteiger partial charge in [-0.1, -0.05) is 71.4 Å². The number of amides is 2. The van der Waals surface area contributed by atoms with Gasteiger partial charge in [0.15, 0.2) is 5.17 Å². The van der Waals surface area contributed by atoms with Gasteiger partial charge in [-0.05, 0) is 54.8 Å². The van der Waals surface area contributed by atoms with E-state index >= 15 is 0 Å². The van der Waals surface area contributed by atoms with Crippen molar-refractivity contribution >= 4 is 51.7 Å². The number of benzene rings is 3. The van der Waals surface area contributed by atoms with Crippen LogP contribution in [0.4, 0.5) is 10.1 Å². The van der Waals surface area contributed by atoms with Crippen molar-refractivity contribution in [1.29, 1.82) is 0 Å². The van der Waals surface area contributed by atoms with Gasteiger partial charge in [0.05, 0.1) is 11.8 Å². The molecule has 0 bridgehead atoms. The van der Waals surface area contributed by atoms with Crippen molar-refractivity contribution in [2.45, 2.75) is 38.0 Å². The quantitative estimate of drug-likeness (QED) is 0.418. The summed E-state index contributed by atoms with van der Waals surface area (Å²) in [4.78, 5) is 29.6. The second-order valence-corrected chi connectivity index (χ2v) is 10.7. The SMILES string of the molecule is Cc1ccc(C2=NN(C3=NC(=O)[C@H](CC(=O)Nc4ccc(C)c(F)c4)S3)[C@H](c3ccc(Cl)cc3)C2)cc1. The third-order valence-electron chi connectivity index (χ3n) is 6.30. The first-order valence-electron chi connectivity index (χ1n) is 11.8. The highest BCUT2D eigenvalue weighted by molar-refractivity contribution is 8.15. The number of aryl methyl sites for hydroxylation is 2. The standard InChI is InChI=1S/C28H24ClFN4O2S/c1-16-3-6-18(7-4-16)23-14-24(19-8-10-20(29)11-9-19)34(33-23)28-32-27(36)25(37-28)15-26(35)31-21-12-5-17(2)22(30)13-21/h3-13,24-25H,14-15H2,1-2H3,(H,31,35)/t24-,25-/m0/s1. The third kappa shape index (κ3) is 5.60. The lowest BCUT2D eigenvalue weighted by molar-refractivity contribution is -0.121. The maximum absolute atomic E-state index is 13.8. The fourth-order valence-corrected chi connectivity index (χ4v) is 5.39. The highest BCUT2D eigenvalue weighted by atomic mass is 35.5. The van der Waals surface area contributed by atoms with Gasteiger partial charge < -0.3 is 5.32 Å². The fourth-order valence-electron chi connectivity index (χ4n) is 4.21. The molecule has 2 aliphatic rings. The van der Waals surface area contributed by atoms with E-state index in [1.807, 2.05) is 55.5 Å². The van der Waals surface area contributed by atoms with Crippen LogP contribution >= 0.6 is 23.4 Å². The Morgan fingerprint density at radius 1 is 1.11 bits per heavy atom. The number of hydrogen-bond acceptors (Lipinski definition) is 5. The van der Waals surface area contributed by atoms with Gasteiger partial charge >= 0.3 is 0 Å². The minimum absolute atomic E-state index is 0.0834. The summed E-state index contributed by atoms with van der Waals surface area (Å²) in [6, 6.07) is 20.0. The number of hydrazone groups is 1. The predicted molar refractivity (Wildman–Crippen MR) is 147 cm³/mol. The molecule has 5 rings (SSSR count). The normalized spacial score (nSPS) is 19.1. The largest absolute Gasteiger partial charge is 0.326 e. The summed E-state index contributed by atoms with van der Waals surface area (Å²) < 4.78 is 13.8. The van der Waals surface area contributed by atoms with Gasteiger partial charge in [-0.15, -0.1) is 0 Å². The number of nitrogens with zero attached hydrogens (tertiary/aromatic N) is 3. The first-order valence-corrected chi connectivity index (χ1v) is 13.1. The van der Waals surface area contributed by atoms with E-state index in [0.29, 0.717) is 27.9 Å². The Morgan fingerprint density at radius 2 is 1.84 bits per heavy atom. The summed E-state index contributed by atoms with van der Waals surface area (Å²) in [6.45, 7) is 3.68. The summed E-state index contributed by atoms with van der Waals surface area (Å²) in [5, 5.41) is 9.69. The van der Waals surface area contributed by atoms with E-state index in [1.165, 1.54) is 17.8 Å². The van der Waals surface area contributed by atoms with Crippen LogP contribution < -0.4 is 5.32 Å². The molecule has 0 aliphatic carbocycles. The van der Waals surface area contributed by atoms with Crippen LogP contribution in [0, 0.1) is 19.7 Å². The zero-order valence-electron chi connectivity index (χ0n) is 20.2. The van der Waals surface area contributed by atoms with Crippen LogP contribution in [0.1, 0.15) is 41.1 Å². The van der Waals surface area contributed by atoms with Gasteiger partial charge in [0.25, 0.3) is 5.91 Å². The van der Waals surface area contributed by atoms with Gasteiger partial charge in [0, 0.05) is 23.6 Å². The first kappa shape index (κ1) is 25.2. The van der Waals surface area contributed by atoms with Crippen molar-refractivity contribution in [2.75, 3.05) is 5.32 Å². The lowest BCUT2D eigenvalue weighted by Crippen LogP contribution is -2.25. The number of carbonyl (C=O) groups is 2. The van der Waals surface area contributed by atoms with E-state index < -0.39 is 11.1 Å².